The number of primary amides is 1. The first-order valence-corrected chi connectivity index (χ1v) is 15.3. The Labute approximate surface area is 265 Å². The van der Waals surface area contributed by atoms with Crippen LogP contribution in [0.3, 0.4) is 0 Å². The molecule has 45 heavy (non-hydrogen) atoms. The molecule has 0 saturated heterocycles. The van der Waals surface area contributed by atoms with Crippen LogP contribution in [0.5, 0.6) is 5.75 Å². The van der Waals surface area contributed by atoms with Crippen LogP contribution in [0.15, 0.2) is 66.7 Å². The molecule has 5 N–H and O–H groups in total. The minimum Gasteiger partial charge on any atom is -0.508 e. The van der Waals surface area contributed by atoms with E-state index >= 15 is 0 Å². The lowest BCUT2D eigenvalue weighted by atomic mass is 9.96. The lowest BCUT2D eigenvalue weighted by molar-refractivity contribution is -0.143. The van der Waals surface area contributed by atoms with Gasteiger partial charge in [-0.3, -0.25) is 14.4 Å². The molecule has 0 aliphatic carbocycles. The number of hydrogen-bond donors (Lipinski definition) is 4. The molecule has 10 heteroatoms. The predicted molar refractivity (Wildman–Crippen MR) is 175 cm³/mol. The van der Waals surface area contributed by atoms with Gasteiger partial charge in [-0.2, -0.15) is 0 Å². The topological polar surface area (TPSA) is 151 Å². The van der Waals surface area contributed by atoms with Crippen LogP contribution in [0.4, 0.5) is 10.5 Å². The predicted octanol–water partition coefficient (Wildman–Crippen LogP) is 6.04. The number of nitrogens with two attached hydrogens (primary N) is 1. The van der Waals surface area contributed by atoms with Crippen LogP contribution in [0.25, 0.3) is 10.8 Å². The standard InChI is InChI=1S/C35H46N4O6/c1-22(2)14-15-23(3)39(33(43)29(18-19-30(36)41)38-34(44)45-35(4,5)6)31(26-12-9-13-28(40)21-26)32(42)37-27-17-16-24-10-7-8-11-25(24)20-27/h7-13,16-17,20-23,29,31,40H,14-15,18-19H2,1-6H3,(H2,36,41)(H,37,42)(H,38,44). The van der Waals surface area contributed by atoms with Gasteiger partial charge in [-0.25, -0.2) is 4.79 Å². The lowest BCUT2D eigenvalue weighted by Gasteiger charge is -2.39. The summed E-state index contributed by atoms with van der Waals surface area (Å²) in [6, 6.07) is 16.6. The Morgan fingerprint density at radius 2 is 1.58 bits per heavy atom. The molecule has 0 radical (unpaired) electrons. The molecule has 0 saturated carbocycles. The summed E-state index contributed by atoms with van der Waals surface area (Å²) in [4.78, 5) is 54.9. The van der Waals surface area contributed by atoms with Crippen molar-refractivity contribution in [2.24, 2.45) is 11.7 Å². The molecule has 242 valence electrons. The van der Waals surface area contributed by atoms with Gasteiger partial charge in [0.2, 0.25) is 11.8 Å². The fourth-order valence-corrected chi connectivity index (χ4v) is 5.10. The molecule has 3 unspecified atom stereocenters. The quantitative estimate of drug-likeness (QED) is 0.183. The molecule has 0 bridgehead atoms. The third-order valence-corrected chi connectivity index (χ3v) is 7.29. The van der Waals surface area contributed by atoms with Crippen molar-refractivity contribution in [1.82, 2.24) is 10.2 Å². The molecule has 4 amide bonds. The van der Waals surface area contributed by atoms with E-state index < -0.39 is 47.5 Å². The number of phenols is 1. The number of amides is 4. The fourth-order valence-electron chi connectivity index (χ4n) is 5.10. The number of fused-ring (bicyclic) bond motifs is 1. The van der Waals surface area contributed by atoms with Gasteiger partial charge >= 0.3 is 6.09 Å². The van der Waals surface area contributed by atoms with Gasteiger partial charge in [0.1, 0.15) is 23.4 Å². The van der Waals surface area contributed by atoms with Gasteiger partial charge in [-0.1, -0.05) is 56.3 Å². The molecule has 3 aromatic carbocycles. The van der Waals surface area contributed by atoms with E-state index in [2.05, 4.69) is 24.5 Å². The maximum atomic E-state index is 14.5. The number of phenolic OH excluding ortho intramolecular Hbond substituents is 1. The van der Waals surface area contributed by atoms with Gasteiger partial charge in [0.15, 0.2) is 0 Å². The molecular formula is C35H46N4O6. The van der Waals surface area contributed by atoms with Crippen LogP contribution in [-0.2, 0) is 19.1 Å². The first-order valence-electron chi connectivity index (χ1n) is 15.3. The third kappa shape index (κ3) is 10.5. The maximum Gasteiger partial charge on any atom is 0.408 e. The second kappa shape index (κ2) is 15.4. The van der Waals surface area contributed by atoms with Gasteiger partial charge in [0.05, 0.1) is 0 Å². The van der Waals surface area contributed by atoms with Crippen molar-refractivity contribution >= 4 is 40.3 Å². The van der Waals surface area contributed by atoms with Crippen LogP contribution >= 0.6 is 0 Å². The number of benzene rings is 3. The number of nitrogens with zero attached hydrogens (tertiary/aromatic N) is 1. The molecule has 0 aliphatic heterocycles. The van der Waals surface area contributed by atoms with E-state index in [0.29, 0.717) is 23.6 Å². The van der Waals surface area contributed by atoms with E-state index in [1.54, 1.807) is 39.0 Å². The van der Waals surface area contributed by atoms with E-state index in [9.17, 15) is 24.3 Å². The summed E-state index contributed by atoms with van der Waals surface area (Å²) in [5.41, 5.74) is 5.50. The fraction of sp³-hybridized carbons (Fsp3) is 0.429. The smallest absolute Gasteiger partial charge is 0.408 e. The molecule has 0 fully saturated rings. The van der Waals surface area contributed by atoms with Crippen LogP contribution in [0, 0.1) is 5.92 Å². The largest absolute Gasteiger partial charge is 0.508 e. The van der Waals surface area contributed by atoms with Crippen LogP contribution in [-0.4, -0.2) is 51.5 Å². The Balaban J connectivity index is 2.10. The Hall–Kier alpha value is -4.60. The number of alkyl carbamates (subject to hydrolysis) is 1. The third-order valence-electron chi connectivity index (χ3n) is 7.29. The normalized spacial score (nSPS) is 13.5. The molecule has 10 nitrogen and oxygen atoms in total. The van der Waals surface area contributed by atoms with Crippen molar-refractivity contribution in [3.63, 3.8) is 0 Å². The zero-order chi connectivity index (χ0) is 33.3. The van der Waals surface area contributed by atoms with Gasteiger partial charge in [0, 0.05) is 18.2 Å². The van der Waals surface area contributed by atoms with Gasteiger partial charge in [0.25, 0.3) is 5.91 Å². The summed E-state index contributed by atoms with van der Waals surface area (Å²) in [5, 5.41) is 17.9. The summed E-state index contributed by atoms with van der Waals surface area (Å²) in [6.45, 7) is 11.1. The number of ether oxygens (including phenoxy) is 1. The highest BCUT2D eigenvalue weighted by atomic mass is 16.6. The Morgan fingerprint density at radius 3 is 2.20 bits per heavy atom. The lowest BCUT2D eigenvalue weighted by Crippen LogP contribution is -2.55. The summed E-state index contributed by atoms with van der Waals surface area (Å²) in [7, 11) is 0. The minimum atomic E-state index is -1.22. The zero-order valence-corrected chi connectivity index (χ0v) is 27.0. The summed E-state index contributed by atoms with van der Waals surface area (Å²) in [6.07, 6.45) is 0.196. The highest BCUT2D eigenvalue weighted by Gasteiger charge is 2.39. The Bertz CT molecular complexity index is 1500. The molecular weight excluding hydrogens is 572 g/mol. The van der Waals surface area contributed by atoms with E-state index in [-0.39, 0.29) is 18.6 Å². The SMILES string of the molecule is CC(C)CCC(C)N(C(=O)C(CCC(N)=O)NC(=O)OC(C)(C)C)C(C(=O)Nc1ccc2ccccc2c1)c1cccc(O)c1. The molecule has 3 rings (SSSR count). The van der Waals surface area contributed by atoms with Gasteiger partial charge < -0.3 is 31.1 Å². The number of aromatic hydroxyl groups is 1. The van der Waals surface area contributed by atoms with Crippen molar-refractivity contribution in [1.29, 1.82) is 0 Å². The zero-order valence-electron chi connectivity index (χ0n) is 27.0. The van der Waals surface area contributed by atoms with Gasteiger partial charge in [-0.05, 0) is 93.5 Å². The number of hydrogen-bond acceptors (Lipinski definition) is 6. The van der Waals surface area contributed by atoms with Crippen molar-refractivity contribution in [2.75, 3.05) is 5.32 Å². The number of carbonyl (C=O) groups excluding carboxylic acids is 4. The molecule has 0 aliphatic rings. The van der Waals surface area contributed by atoms with Crippen LogP contribution in [0.1, 0.15) is 78.8 Å². The van der Waals surface area contributed by atoms with Crippen molar-refractivity contribution < 1.29 is 29.0 Å². The highest BCUT2D eigenvalue weighted by Crippen LogP contribution is 2.31. The van der Waals surface area contributed by atoms with Gasteiger partial charge in [-0.15, -0.1) is 0 Å². The first-order chi connectivity index (χ1) is 21.1. The number of nitrogens with one attached hydrogen (secondary N) is 2. The number of carbonyl (C=O) groups is 4. The van der Waals surface area contributed by atoms with Crippen LogP contribution < -0.4 is 16.4 Å². The number of rotatable bonds is 13. The molecule has 0 heterocycles. The maximum absolute atomic E-state index is 14.5. The van der Waals surface area contributed by atoms with E-state index in [1.165, 1.54) is 17.0 Å². The van der Waals surface area contributed by atoms with Crippen molar-refractivity contribution in [2.45, 2.75) is 91.0 Å². The van der Waals surface area contributed by atoms with Crippen molar-refractivity contribution in [3.05, 3.63) is 72.3 Å². The minimum absolute atomic E-state index is 0.0737. The average Bonchev–Trinajstić information content (AvgIpc) is 2.95. The molecule has 0 aromatic heterocycles. The molecule has 3 aromatic rings. The van der Waals surface area contributed by atoms with E-state index in [4.69, 9.17) is 10.5 Å². The second-order valence-corrected chi connectivity index (χ2v) is 12.8. The average molecular weight is 619 g/mol. The summed E-state index contributed by atoms with van der Waals surface area (Å²) >= 11 is 0. The highest BCUT2D eigenvalue weighted by molar-refractivity contribution is 6.00. The first kappa shape index (κ1) is 34.9. The second-order valence-electron chi connectivity index (χ2n) is 12.8. The monoisotopic (exact) mass is 618 g/mol. The Morgan fingerprint density at radius 1 is 0.889 bits per heavy atom. The van der Waals surface area contributed by atoms with E-state index in [1.807, 2.05) is 43.3 Å². The Kier molecular flexibility index (Phi) is 11.9. The molecule has 0 spiro atoms. The molecule has 3 atom stereocenters. The summed E-state index contributed by atoms with van der Waals surface area (Å²) in [5.74, 6) is -1.49. The summed E-state index contributed by atoms with van der Waals surface area (Å²) < 4.78 is 5.42. The van der Waals surface area contributed by atoms with Crippen molar-refractivity contribution in [3.8, 4) is 5.75 Å². The van der Waals surface area contributed by atoms with Crippen LogP contribution in [0.2, 0.25) is 0 Å². The number of anilines is 1. The van der Waals surface area contributed by atoms with E-state index in [0.717, 1.165) is 17.2 Å².